The van der Waals surface area contributed by atoms with Crippen molar-refractivity contribution in [1.29, 1.82) is 0 Å². The number of ether oxygens (including phenoxy) is 3. The van der Waals surface area contributed by atoms with Crippen LogP contribution in [-0.2, 0) is 14.2 Å². The van der Waals surface area contributed by atoms with Crippen molar-refractivity contribution < 1.29 is 19.3 Å². The van der Waals surface area contributed by atoms with Gasteiger partial charge in [0.1, 0.15) is 18.5 Å². The van der Waals surface area contributed by atoms with Crippen molar-refractivity contribution in [3.8, 4) is 0 Å². The van der Waals surface area contributed by atoms with Gasteiger partial charge in [-0.25, -0.2) is 0 Å². The maximum absolute atomic E-state index is 8.85. The van der Waals surface area contributed by atoms with E-state index in [0.717, 1.165) is 6.42 Å². The maximum atomic E-state index is 8.85. The molecule has 2 rings (SSSR count). The largest absolute Gasteiger partial charge is 0.464 e. The molecule has 0 saturated carbocycles. The molecule has 2 aliphatic rings. The molecule has 4 nitrogen and oxygen atoms in total. The van der Waals surface area contributed by atoms with Crippen LogP contribution in [0.2, 0.25) is 0 Å². The quantitative estimate of drug-likeness (QED) is 0.656. The topological polar surface area (TPSA) is 47.9 Å². The van der Waals surface area contributed by atoms with E-state index < -0.39 is 5.79 Å². The molecule has 0 radical (unpaired) electrons. The monoisotopic (exact) mass is 186 g/mol. The molecule has 0 bridgehead atoms. The predicted molar refractivity (Wildman–Crippen MR) is 44.7 cm³/mol. The number of hydrogen-bond acceptors (Lipinski definition) is 4. The number of rotatable bonds is 1. The summed E-state index contributed by atoms with van der Waals surface area (Å²) in [5, 5.41) is 8.85. The second kappa shape index (κ2) is 2.97. The highest BCUT2D eigenvalue weighted by Gasteiger charge is 2.44. The van der Waals surface area contributed by atoms with Crippen molar-refractivity contribution in [1.82, 2.24) is 0 Å². The first-order chi connectivity index (χ1) is 6.11. The minimum atomic E-state index is -0.575. The molecule has 2 atom stereocenters. The van der Waals surface area contributed by atoms with Gasteiger partial charge >= 0.3 is 0 Å². The van der Waals surface area contributed by atoms with Crippen LogP contribution in [0.15, 0.2) is 11.8 Å². The lowest BCUT2D eigenvalue weighted by molar-refractivity contribution is -0.181. The number of aliphatic hydroxyl groups excluding tert-OH is 1. The highest BCUT2D eigenvalue weighted by Crippen LogP contribution is 2.34. The Kier molecular flexibility index (Phi) is 2.06. The normalized spacial score (nSPS) is 36.4. The van der Waals surface area contributed by atoms with Crippen molar-refractivity contribution in [2.24, 2.45) is 0 Å². The van der Waals surface area contributed by atoms with Crippen LogP contribution >= 0.6 is 0 Å². The van der Waals surface area contributed by atoms with Crippen LogP contribution in [-0.4, -0.2) is 29.9 Å². The average Bonchev–Trinajstić information content (AvgIpc) is 2.36. The van der Waals surface area contributed by atoms with Gasteiger partial charge in [-0.05, 0) is 19.9 Å². The van der Waals surface area contributed by atoms with Gasteiger partial charge in [-0.2, -0.15) is 0 Å². The van der Waals surface area contributed by atoms with E-state index >= 15 is 0 Å². The van der Waals surface area contributed by atoms with Crippen molar-refractivity contribution in [2.45, 2.75) is 38.4 Å². The lowest BCUT2D eigenvalue weighted by atomic mass is 10.2. The summed E-state index contributed by atoms with van der Waals surface area (Å²) in [7, 11) is 0. The Morgan fingerprint density at radius 2 is 2.31 bits per heavy atom. The fraction of sp³-hybridized carbons (Fsp3) is 0.778. The molecule has 0 amide bonds. The van der Waals surface area contributed by atoms with Gasteiger partial charge in [-0.3, -0.25) is 0 Å². The van der Waals surface area contributed by atoms with Crippen LogP contribution in [0.5, 0.6) is 0 Å². The zero-order valence-corrected chi connectivity index (χ0v) is 7.82. The highest BCUT2D eigenvalue weighted by atomic mass is 16.8. The third kappa shape index (κ3) is 1.70. The minimum Gasteiger partial charge on any atom is -0.464 e. The van der Waals surface area contributed by atoms with Crippen LogP contribution in [0, 0.1) is 0 Å². The van der Waals surface area contributed by atoms with Gasteiger partial charge in [0.15, 0.2) is 5.79 Å². The number of aliphatic hydroxyl groups is 1. The van der Waals surface area contributed by atoms with E-state index in [9.17, 15) is 0 Å². The summed E-state index contributed by atoms with van der Waals surface area (Å²) in [6.45, 7) is 3.63. The van der Waals surface area contributed by atoms with Gasteiger partial charge < -0.3 is 19.3 Å². The smallest absolute Gasteiger partial charge is 0.228 e. The summed E-state index contributed by atoms with van der Waals surface area (Å²) in [6, 6.07) is 0. The summed E-state index contributed by atoms with van der Waals surface area (Å²) < 4.78 is 16.4. The summed E-state index contributed by atoms with van der Waals surface area (Å²) >= 11 is 0. The first-order valence-corrected chi connectivity index (χ1v) is 4.43. The molecule has 4 heteroatoms. The molecule has 0 aromatic rings. The second-order valence-corrected chi connectivity index (χ2v) is 3.72. The van der Waals surface area contributed by atoms with Crippen molar-refractivity contribution in [3.63, 3.8) is 0 Å². The molecule has 1 unspecified atom stereocenters. The zero-order chi connectivity index (χ0) is 9.47. The Bertz CT molecular complexity index is 234. The third-order valence-electron chi connectivity index (χ3n) is 2.14. The second-order valence-electron chi connectivity index (χ2n) is 3.72. The Morgan fingerprint density at radius 1 is 1.54 bits per heavy atom. The molecule has 2 aliphatic heterocycles. The molecule has 1 N–H and O–H groups in total. The molecular formula is C9H14O4. The summed E-state index contributed by atoms with van der Waals surface area (Å²) in [6.07, 6.45) is 2.18. The molecule has 1 fully saturated rings. The van der Waals surface area contributed by atoms with Gasteiger partial charge in [0, 0.05) is 6.42 Å². The molecule has 13 heavy (non-hydrogen) atoms. The lowest BCUT2D eigenvalue weighted by Gasteiger charge is -2.22. The zero-order valence-electron chi connectivity index (χ0n) is 7.82. The van der Waals surface area contributed by atoms with Crippen molar-refractivity contribution in [3.05, 3.63) is 11.8 Å². The molecule has 0 aromatic heterocycles. The molecule has 2 heterocycles. The fourth-order valence-corrected chi connectivity index (χ4v) is 1.61. The minimum absolute atomic E-state index is 0.0368. The van der Waals surface area contributed by atoms with Gasteiger partial charge in [0.2, 0.25) is 6.29 Å². The van der Waals surface area contributed by atoms with E-state index in [-0.39, 0.29) is 19.0 Å². The van der Waals surface area contributed by atoms with E-state index in [1.165, 1.54) is 0 Å². The Hall–Kier alpha value is -0.580. The highest BCUT2D eigenvalue weighted by molar-refractivity contribution is 5.01. The molecular weight excluding hydrogens is 172 g/mol. The van der Waals surface area contributed by atoms with Gasteiger partial charge in [0.25, 0.3) is 0 Å². The summed E-state index contributed by atoms with van der Waals surface area (Å²) in [5.74, 6) is -0.00351. The SMILES string of the molecule is CC1(C)OC2OC(CO)=CC[C@H]2O1. The lowest BCUT2D eigenvalue weighted by Crippen LogP contribution is -2.29. The summed E-state index contributed by atoms with van der Waals surface area (Å²) in [5.41, 5.74) is 0. The van der Waals surface area contributed by atoms with E-state index in [1.54, 1.807) is 0 Å². The number of hydrogen-bond donors (Lipinski definition) is 1. The van der Waals surface area contributed by atoms with Gasteiger partial charge in [0.05, 0.1) is 0 Å². The first kappa shape index (κ1) is 8.99. The van der Waals surface area contributed by atoms with Crippen LogP contribution in [0.3, 0.4) is 0 Å². The van der Waals surface area contributed by atoms with Crippen LogP contribution in [0.25, 0.3) is 0 Å². The van der Waals surface area contributed by atoms with Crippen molar-refractivity contribution >= 4 is 0 Å². The molecule has 0 spiro atoms. The number of fused-ring (bicyclic) bond motifs is 1. The molecule has 0 aromatic carbocycles. The molecule has 74 valence electrons. The van der Waals surface area contributed by atoms with Crippen LogP contribution in [0.4, 0.5) is 0 Å². The molecule has 0 aliphatic carbocycles. The van der Waals surface area contributed by atoms with E-state index in [2.05, 4.69) is 0 Å². The Balaban J connectivity index is 2.05. The predicted octanol–water partition coefficient (Wildman–Crippen LogP) is 0.760. The Labute approximate surface area is 77.1 Å². The van der Waals surface area contributed by atoms with Crippen LogP contribution < -0.4 is 0 Å². The first-order valence-electron chi connectivity index (χ1n) is 4.43. The third-order valence-corrected chi connectivity index (χ3v) is 2.14. The van der Waals surface area contributed by atoms with Crippen molar-refractivity contribution in [2.75, 3.05) is 6.61 Å². The van der Waals surface area contributed by atoms with Crippen LogP contribution in [0.1, 0.15) is 20.3 Å². The fourth-order valence-electron chi connectivity index (χ4n) is 1.61. The van der Waals surface area contributed by atoms with E-state index in [4.69, 9.17) is 19.3 Å². The molecule has 1 saturated heterocycles. The maximum Gasteiger partial charge on any atom is 0.228 e. The van der Waals surface area contributed by atoms with E-state index in [1.807, 2.05) is 19.9 Å². The average molecular weight is 186 g/mol. The van der Waals surface area contributed by atoms with E-state index in [0.29, 0.717) is 5.76 Å². The summed E-state index contributed by atoms with van der Waals surface area (Å²) in [4.78, 5) is 0. The Morgan fingerprint density at radius 3 is 3.00 bits per heavy atom. The van der Waals surface area contributed by atoms with Gasteiger partial charge in [-0.1, -0.05) is 0 Å². The standard InChI is InChI=1S/C9H14O4/c1-9(2)12-7-4-3-6(5-10)11-8(7)13-9/h3,7-8,10H,4-5H2,1-2H3/t7-,8?/m1/s1. The van der Waals surface area contributed by atoms with Gasteiger partial charge in [-0.15, -0.1) is 0 Å².